The molecule has 1 heterocycles. The van der Waals surface area contributed by atoms with Crippen molar-refractivity contribution in [1.82, 2.24) is 9.78 Å². The highest BCUT2D eigenvalue weighted by atomic mass is 16.6. The van der Waals surface area contributed by atoms with Crippen LogP contribution >= 0.6 is 0 Å². The van der Waals surface area contributed by atoms with Crippen molar-refractivity contribution in [2.75, 3.05) is 6.79 Å². The van der Waals surface area contributed by atoms with E-state index < -0.39 is 12.8 Å². The van der Waals surface area contributed by atoms with Crippen LogP contribution < -0.4 is 0 Å². The molecule has 0 atom stereocenters. The number of nitrogens with zero attached hydrogens (tertiary/aromatic N) is 2. The quantitative estimate of drug-likeness (QED) is 0.394. The molecule has 0 saturated heterocycles. The Hall–Kier alpha value is -3.65. The molecule has 0 radical (unpaired) electrons. The number of aliphatic hydroxyl groups is 1. The van der Waals surface area contributed by atoms with Crippen molar-refractivity contribution in [2.45, 2.75) is 19.4 Å². The minimum atomic E-state index is -0.800. The van der Waals surface area contributed by atoms with Crippen molar-refractivity contribution in [3.63, 3.8) is 0 Å². The first-order valence-corrected chi connectivity index (χ1v) is 8.91. The van der Waals surface area contributed by atoms with Crippen molar-refractivity contribution < 1.29 is 29.6 Å². The van der Waals surface area contributed by atoms with E-state index in [1.165, 1.54) is 22.9 Å². The van der Waals surface area contributed by atoms with Gasteiger partial charge in [-0.05, 0) is 54.4 Å². The second-order valence-electron chi connectivity index (χ2n) is 6.39. The van der Waals surface area contributed by atoms with E-state index in [0.29, 0.717) is 17.7 Å². The molecule has 3 N–H and O–H groups in total. The Morgan fingerprint density at radius 1 is 1.00 bits per heavy atom. The van der Waals surface area contributed by atoms with Gasteiger partial charge in [0.2, 0.25) is 0 Å². The zero-order valence-corrected chi connectivity index (χ0v) is 15.5. The number of carbonyl (C=O) groups is 2. The lowest BCUT2D eigenvalue weighted by atomic mass is 10.1. The van der Waals surface area contributed by atoms with Gasteiger partial charge in [-0.25, -0.2) is 4.79 Å². The molecule has 0 fully saturated rings. The highest BCUT2D eigenvalue weighted by Gasteiger charge is 2.19. The fourth-order valence-corrected chi connectivity index (χ4v) is 2.85. The largest absolute Gasteiger partial charge is 0.508 e. The summed E-state index contributed by atoms with van der Waals surface area (Å²) in [6.07, 6.45) is 0.641. The van der Waals surface area contributed by atoms with E-state index in [1.807, 2.05) is 6.07 Å². The number of phenols is 2. The van der Waals surface area contributed by atoms with E-state index >= 15 is 0 Å². The summed E-state index contributed by atoms with van der Waals surface area (Å²) >= 11 is 0. The number of ether oxygens (including phenoxy) is 1. The highest BCUT2D eigenvalue weighted by Crippen LogP contribution is 2.22. The Labute approximate surface area is 166 Å². The van der Waals surface area contributed by atoms with Crippen molar-refractivity contribution in [3.05, 3.63) is 65.9 Å². The first kappa shape index (κ1) is 20.1. The van der Waals surface area contributed by atoms with E-state index in [1.54, 1.807) is 30.3 Å². The van der Waals surface area contributed by atoms with Gasteiger partial charge in [-0.1, -0.05) is 12.1 Å². The maximum Gasteiger partial charge on any atom is 0.358 e. The van der Waals surface area contributed by atoms with Gasteiger partial charge in [0.05, 0.1) is 5.69 Å². The van der Waals surface area contributed by atoms with E-state index in [0.717, 1.165) is 5.56 Å². The molecular weight excluding hydrogens is 376 g/mol. The molecule has 8 heteroatoms. The van der Waals surface area contributed by atoms with E-state index in [-0.39, 0.29) is 35.9 Å². The number of aliphatic hydroxyl groups excluding tert-OH is 1. The van der Waals surface area contributed by atoms with E-state index in [2.05, 4.69) is 9.84 Å². The fraction of sp³-hybridized carbons (Fsp3) is 0.190. The van der Waals surface area contributed by atoms with Crippen molar-refractivity contribution >= 4 is 11.8 Å². The fourth-order valence-electron chi connectivity index (χ4n) is 2.85. The summed E-state index contributed by atoms with van der Waals surface area (Å²) < 4.78 is 5.88. The molecule has 8 nitrogen and oxygen atoms in total. The Morgan fingerprint density at radius 2 is 1.76 bits per heavy atom. The van der Waals surface area contributed by atoms with Crippen LogP contribution in [0.2, 0.25) is 0 Å². The maximum absolute atomic E-state index is 12.4. The number of aromatic hydroxyl groups is 2. The molecule has 0 aliphatic heterocycles. The lowest BCUT2D eigenvalue weighted by Gasteiger charge is -2.06. The number of esters is 1. The van der Waals surface area contributed by atoms with Crippen LogP contribution in [0.3, 0.4) is 0 Å². The summed E-state index contributed by atoms with van der Waals surface area (Å²) in [7, 11) is 0. The molecule has 0 aliphatic rings. The number of benzene rings is 2. The number of ketones is 1. The minimum absolute atomic E-state index is 0.0350. The van der Waals surface area contributed by atoms with Crippen LogP contribution in [0.1, 0.15) is 22.5 Å². The molecule has 150 valence electrons. The van der Waals surface area contributed by atoms with Gasteiger partial charge >= 0.3 is 5.97 Å². The zero-order valence-electron chi connectivity index (χ0n) is 15.5. The number of hydrogen-bond donors (Lipinski definition) is 3. The summed E-state index contributed by atoms with van der Waals surface area (Å²) in [5.74, 6) is -0.734. The van der Waals surface area contributed by atoms with Gasteiger partial charge in [-0.3, -0.25) is 9.48 Å². The lowest BCUT2D eigenvalue weighted by molar-refractivity contribution is -0.119. The number of aromatic nitrogens is 2. The van der Waals surface area contributed by atoms with Crippen molar-refractivity contribution in [2.24, 2.45) is 0 Å². The topological polar surface area (TPSA) is 122 Å². The number of rotatable bonds is 8. The van der Waals surface area contributed by atoms with Crippen LogP contribution in [-0.4, -0.2) is 43.6 Å². The number of Topliss-reactive ketones (excluding diaryl/α,β-unsaturated/α-hetero) is 1. The summed E-state index contributed by atoms with van der Waals surface area (Å²) in [6, 6.07) is 14.4. The second kappa shape index (κ2) is 9.03. The summed E-state index contributed by atoms with van der Waals surface area (Å²) in [6.45, 7) is -0.934. The molecular formula is C21H20N2O6. The van der Waals surface area contributed by atoms with Crippen molar-refractivity contribution in [1.29, 1.82) is 0 Å². The SMILES string of the molecule is O=C(CCc1cccc(O)c1)Cn1nc(-c2ccc(O)cc2)cc1C(=O)OCO. The number of hydrogen-bond acceptors (Lipinski definition) is 7. The third kappa shape index (κ3) is 5.20. The molecule has 0 aliphatic carbocycles. The van der Waals surface area contributed by atoms with Crippen LogP contribution in [0.4, 0.5) is 0 Å². The number of phenolic OH excluding ortho intramolecular Hbond substituents is 2. The third-order valence-corrected chi connectivity index (χ3v) is 4.28. The maximum atomic E-state index is 12.4. The Bertz CT molecular complexity index is 1010. The standard InChI is InChI=1S/C21H20N2O6/c24-13-29-21(28)20-11-19(15-5-8-16(25)9-6-15)22-23(20)12-18(27)7-4-14-2-1-3-17(26)10-14/h1-3,5-6,8-11,24-26H,4,7,12-13H2. The second-order valence-corrected chi connectivity index (χ2v) is 6.39. The van der Waals surface area contributed by atoms with Crippen LogP contribution in [0.25, 0.3) is 11.3 Å². The molecule has 0 amide bonds. The Kier molecular flexibility index (Phi) is 6.25. The van der Waals surface area contributed by atoms with Crippen molar-refractivity contribution in [3.8, 4) is 22.8 Å². The Morgan fingerprint density at radius 3 is 2.45 bits per heavy atom. The van der Waals surface area contributed by atoms with Gasteiger partial charge in [-0.15, -0.1) is 0 Å². The first-order chi connectivity index (χ1) is 14.0. The van der Waals surface area contributed by atoms with Gasteiger partial charge in [0.1, 0.15) is 23.7 Å². The number of carbonyl (C=O) groups excluding carboxylic acids is 2. The number of aryl methyl sites for hydroxylation is 1. The normalized spacial score (nSPS) is 10.7. The summed E-state index contributed by atoms with van der Waals surface area (Å²) in [5.41, 5.74) is 1.93. The molecule has 0 unspecified atom stereocenters. The lowest BCUT2D eigenvalue weighted by Crippen LogP contribution is -2.18. The molecule has 3 aromatic rings. The third-order valence-electron chi connectivity index (χ3n) is 4.28. The Balaban J connectivity index is 1.77. The molecule has 0 spiro atoms. The van der Waals surface area contributed by atoms with Gasteiger partial charge in [0, 0.05) is 12.0 Å². The molecule has 0 saturated carbocycles. The average Bonchev–Trinajstić information content (AvgIpc) is 3.11. The summed E-state index contributed by atoms with van der Waals surface area (Å²) in [5, 5.41) is 32.1. The predicted octanol–water partition coefficient (Wildman–Crippen LogP) is 2.27. The zero-order chi connectivity index (χ0) is 20.8. The van der Waals surface area contributed by atoms with E-state index in [9.17, 15) is 19.8 Å². The van der Waals surface area contributed by atoms with Gasteiger partial charge in [-0.2, -0.15) is 5.10 Å². The highest BCUT2D eigenvalue weighted by molar-refractivity contribution is 5.90. The first-order valence-electron chi connectivity index (χ1n) is 8.91. The monoisotopic (exact) mass is 396 g/mol. The molecule has 0 bridgehead atoms. The van der Waals surface area contributed by atoms with Crippen LogP contribution in [-0.2, 0) is 22.5 Å². The molecule has 29 heavy (non-hydrogen) atoms. The van der Waals surface area contributed by atoms with Crippen LogP contribution in [0.5, 0.6) is 11.5 Å². The van der Waals surface area contributed by atoms with Crippen LogP contribution in [0, 0.1) is 0 Å². The smallest absolute Gasteiger partial charge is 0.358 e. The van der Waals surface area contributed by atoms with Gasteiger partial charge in [0.15, 0.2) is 12.6 Å². The van der Waals surface area contributed by atoms with Gasteiger partial charge < -0.3 is 20.1 Å². The predicted molar refractivity (Wildman–Crippen MR) is 103 cm³/mol. The van der Waals surface area contributed by atoms with E-state index in [4.69, 9.17) is 5.11 Å². The molecule has 3 rings (SSSR count). The molecule has 2 aromatic carbocycles. The minimum Gasteiger partial charge on any atom is -0.508 e. The summed E-state index contributed by atoms with van der Waals surface area (Å²) in [4.78, 5) is 24.6. The average molecular weight is 396 g/mol. The van der Waals surface area contributed by atoms with Gasteiger partial charge in [0.25, 0.3) is 0 Å². The molecule has 1 aromatic heterocycles. The van der Waals surface area contributed by atoms with Crippen LogP contribution in [0.15, 0.2) is 54.6 Å².